The van der Waals surface area contributed by atoms with Gasteiger partial charge in [-0.3, -0.25) is 9.88 Å². The van der Waals surface area contributed by atoms with E-state index in [9.17, 15) is 4.39 Å². The van der Waals surface area contributed by atoms with E-state index in [-0.39, 0.29) is 5.82 Å². The Morgan fingerprint density at radius 2 is 1.74 bits per heavy atom. The van der Waals surface area contributed by atoms with Gasteiger partial charge in [0.15, 0.2) is 5.65 Å². The third-order valence-corrected chi connectivity index (χ3v) is 7.46. The Bertz CT molecular complexity index is 1330. The summed E-state index contributed by atoms with van der Waals surface area (Å²) in [5, 5.41) is 5.38. The molecule has 0 saturated carbocycles. The number of nitrogens with zero attached hydrogens (tertiary/aromatic N) is 7. The maximum atomic E-state index is 14.5. The molecule has 3 aromatic heterocycles. The Morgan fingerprint density at radius 1 is 0.941 bits per heavy atom. The van der Waals surface area contributed by atoms with Crippen LogP contribution in [-0.4, -0.2) is 81.7 Å². The third-order valence-electron chi connectivity index (χ3n) is 7.46. The molecule has 0 unspecified atom stereocenters. The zero-order valence-corrected chi connectivity index (χ0v) is 19.8. The monoisotopic (exact) mass is 459 g/mol. The molecule has 2 fully saturated rings. The van der Waals surface area contributed by atoms with Gasteiger partial charge in [-0.25, -0.2) is 13.9 Å². The van der Waals surface area contributed by atoms with Gasteiger partial charge in [-0.15, -0.1) is 0 Å². The van der Waals surface area contributed by atoms with E-state index in [1.54, 1.807) is 6.20 Å². The minimum atomic E-state index is -0.302. The first-order valence-corrected chi connectivity index (χ1v) is 12.1. The van der Waals surface area contributed by atoms with Crippen LogP contribution in [-0.2, 0) is 0 Å². The van der Waals surface area contributed by atoms with Crippen molar-refractivity contribution in [1.82, 2.24) is 29.4 Å². The first-order valence-electron chi connectivity index (χ1n) is 12.1. The van der Waals surface area contributed by atoms with Gasteiger partial charge in [-0.05, 0) is 56.1 Å². The van der Waals surface area contributed by atoms with Crippen molar-refractivity contribution in [2.24, 2.45) is 0 Å². The molecule has 0 aliphatic carbocycles. The van der Waals surface area contributed by atoms with Crippen molar-refractivity contribution >= 4 is 22.2 Å². The highest BCUT2D eigenvalue weighted by molar-refractivity contribution is 5.98. The van der Waals surface area contributed by atoms with E-state index in [2.05, 4.69) is 38.0 Å². The molecule has 4 aromatic rings. The first kappa shape index (κ1) is 21.4. The molecule has 0 spiro atoms. The van der Waals surface area contributed by atoms with E-state index in [1.165, 1.54) is 45.1 Å². The summed E-state index contributed by atoms with van der Waals surface area (Å²) in [6.45, 7) is 8.66. The standard InChI is InChI=1S/C26H30FN7/c1-18-13-22-21(3-6-28-25(22)24(27)14-18)23-16-30-34-17-20(15-29-26(23)34)32-7-4-19(5-8-32)33-11-9-31(2)10-12-33/h3,6,13-17,19H,4-5,7-12H2,1-2H3. The number of hydrogen-bond donors (Lipinski definition) is 0. The summed E-state index contributed by atoms with van der Waals surface area (Å²) in [6.07, 6.45) is 9.85. The Balaban J connectivity index is 1.24. The molecule has 7 nitrogen and oxygen atoms in total. The molecule has 0 radical (unpaired) electrons. The summed E-state index contributed by atoms with van der Waals surface area (Å²) >= 11 is 0. The lowest BCUT2D eigenvalue weighted by Gasteiger charge is -2.42. The molecule has 5 heterocycles. The zero-order chi connectivity index (χ0) is 23.2. The number of halogens is 1. The molecule has 34 heavy (non-hydrogen) atoms. The number of fused-ring (bicyclic) bond motifs is 2. The van der Waals surface area contributed by atoms with Gasteiger partial charge >= 0.3 is 0 Å². The SMILES string of the molecule is Cc1cc(F)c2nccc(-c3cnn4cc(N5CCC(N6CCN(C)CC6)CC5)cnc34)c2c1. The van der Waals surface area contributed by atoms with Crippen LogP contribution < -0.4 is 4.90 Å². The van der Waals surface area contributed by atoms with E-state index in [4.69, 9.17) is 4.98 Å². The summed E-state index contributed by atoms with van der Waals surface area (Å²) in [6, 6.07) is 6.09. The van der Waals surface area contributed by atoms with Crippen LogP contribution in [0.2, 0.25) is 0 Å². The second-order valence-corrected chi connectivity index (χ2v) is 9.70. The van der Waals surface area contributed by atoms with Gasteiger partial charge in [0.25, 0.3) is 0 Å². The second kappa shape index (κ2) is 8.60. The molecule has 176 valence electrons. The number of aryl methyl sites for hydroxylation is 1. The van der Waals surface area contributed by atoms with Crippen LogP contribution in [0.25, 0.3) is 27.7 Å². The molecule has 6 rings (SSSR count). The minimum absolute atomic E-state index is 0.302. The fourth-order valence-electron chi connectivity index (χ4n) is 5.48. The van der Waals surface area contributed by atoms with Crippen LogP contribution in [0.5, 0.6) is 0 Å². The Kier molecular flexibility index (Phi) is 5.42. The number of likely N-dealkylation sites (N-methyl/N-ethyl adjacent to an activating group) is 1. The molecular weight excluding hydrogens is 429 g/mol. The molecule has 0 atom stereocenters. The fraction of sp³-hybridized carbons (Fsp3) is 0.423. The number of piperazine rings is 1. The number of pyridine rings is 1. The number of anilines is 1. The molecule has 0 bridgehead atoms. The van der Waals surface area contributed by atoms with Crippen molar-refractivity contribution in [2.75, 3.05) is 51.2 Å². The maximum Gasteiger partial charge on any atom is 0.162 e. The summed E-state index contributed by atoms with van der Waals surface area (Å²) in [5.41, 5.74) is 4.90. The van der Waals surface area contributed by atoms with Crippen molar-refractivity contribution in [3.8, 4) is 11.1 Å². The minimum Gasteiger partial charge on any atom is -0.369 e. The average Bonchev–Trinajstić information content (AvgIpc) is 3.27. The smallest absolute Gasteiger partial charge is 0.162 e. The molecule has 0 amide bonds. The van der Waals surface area contributed by atoms with Gasteiger partial charge in [-0.1, -0.05) is 0 Å². The maximum absolute atomic E-state index is 14.5. The van der Waals surface area contributed by atoms with E-state index < -0.39 is 0 Å². The van der Waals surface area contributed by atoms with E-state index in [1.807, 2.05) is 36.0 Å². The van der Waals surface area contributed by atoms with Crippen molar-refractivity contribution in [2.45, 2.75) is 25.8 Å². The number of piperidine rings is 1. The number of hydrogen-bond acceptors (Lipinski definition) is 6. The Morgan fingerprint density at radius 3 is 2.53 bits per heavy atom. The topological polar surface area (TPSA) is 52.8 Å². The molecular formula is C26H30FN7. The highest BCUT2D eigenvalue weighted by Gasteiger charge is 2.27. The van der Waals surface area contributed by atoms with Crippen LogP contribution in [0.3, 0.4) is 0 Å². The lowest BCUT2D eigenvalue weighted by atomic mass is 10.0. The van der Waals surface area contributed by atoms with Gasteiger partial charge in [0.05, 0.1) is 24.3 Å². The number of aromatic nitrogens is 4. The Labute approximate surface area is 198 Å². The van der Waals surface area contributed by atoms with Crippen molar-refractivity contribution in [3.63, 3.8) is 0 Å². The lowest BCUT2D eigenvalue weighted by Crippen LogP contribution is -2.52. The summed E-state index contributed by atoms with van der Waals surface area (Å²) in [5.74, 6) is -0.302. The molecule has 2 aliphatic rings. The average molecular weight is 460 g/mol. The molecule has 2 aliphatic heterocycles. The van der Waals surface area contributed by atoms with E-state index in [0.29, 0.717) is 11.6 Å². The second-order valence-electron chi connectivity index (χ2n) is 9.70. The molecule has 1 aromatic carbocycles. The predicted molar refractivity (Wildman–Crippen MR) is 133 cm³/mol. The normalized spacial score (nSPS) is 18.9. The third kappa shape index (κ3) is 3.80. The van der Waals surface area contributed by atoms with E-state index in [0.717, 1.165) is 46.5 Å². The van der Waals surface area contributed by atoms with Crippen LogP contribution in [0, 0.1) is 12.7 Å². The van der Waals surface area contributed by atoms with Crippen LogP contribution in [0.15, 0.2) is 43.0 Å². The van der Waals surface area contributed by atoms with Crippen molar-refractivity contribution < 1.29 is 4.39 Å². The predicted octanol–water partition coefficient (Wildman–Crippen LogP) is 3.61. The summed E-state index contributed by atoms with van der Waals surface area (Å²) in [4.78, 5) is 16.5. The first-order chi connectivity index (χ1) is 16.6. The van der Waals surface area contributed by atoms with Crippen molar-refractivity contribution in [3.05, 3.63) is 54.4 Å². The van der Waals surface area contributed by atoms with E-state index >= 15 is 0 Å². The molecule has 0 N–H and O–H groups in total. The number of benzene rings is 1. The van der Waals surface area contributed by atoms with Crippen molar-refractivity contribution in [1.29, 1.82) is 0 Å². The lowest BCUT2D eigenvalue weighted by molar-refractivity contribution is 0.0982. The van der Waals surface area contributed by atoms with Crippen LogP contribution in [0.4, 0.5) is 10.1 Å². The fourth-order valence-corrected chi connectivity index (χ4v) is 5.48. The molecule has 2 saturated heterocycles. The van der Waals surface area contributed by atoms with Gasteiger partial charge in [-0.2, -0.15) is 5.10 Å². The summed E-state index contributed by atoms with van der Waals surface area (Å²) in [7, 11) is 2.21. The van der Waals surface area contributed by atoms with Crippen LogP contribution in [0.1, 0.15) is 18.4 Å². The van der Waals surface area contributed by atoms with Gasteiger partial charge in [0.1, 0.15) is 11.3 Å². The largest absolute Gasteiger partial charge is 0.369 e. The highest BCUT2D eigenvalue weighted by Crippen LogP contribution is 2.32. The zero-order valence-electron chi connectivity index (χ0n) is 19.8. The van der Waals surface area contributed by atoms with Gasteiger partial charge < -0.3 is 9.80 Å². The molecule has 8 heteroatoms. The van der Waals surface area contributed by atoms with Gasteiger partial charge in [0.2, 0.25) is 0 Å². The summed E-state index contributed by atoms with van der Waals surface area (Å²) < 4.78 is 16.3. The van der Waals surface area contributed by atoms with Gasteiger partial charge in [0, 0.05) is 62.5 Å². The number of rotatable bonds is 3. The van der Waals surface area contributed by atoms with Crippen LogP contribution >= 0.6 is 0 Å². The highest BCUT2D eigenvalue weighted by atomic mass is 19.1. The Hall–Kier alpha value is -3.10. The quantitative estimate of drug-likeness (QED) is 0.467.